The highest BCUT2D eigenvalue weighted by Crippen LogP contribution is 2.44. The summed E-state index contributed by atoms with van der Waals surface area (Å²) in [5.41, 5.74) is 0.671. The van der Waals surface area contributed by atoms with E-state index in [2.05, 4.69) is 5.32 Å². The number of benzene rings is 1. The van der Waals surface area contributed by atoms with Gasteiger partial charge in [-0.1, -0.05) is 0 Å². The fraction of sp³-hybridized carbons (Fsp3) is 0.571. The molecule has 0 bridgehead atoms. The molecule has 98 valence electrons. The molecule has 0 saturated carbocycles. The van der Waals surface area contributed by atoms with Gasteiger partial charge in [-0.15, -0.1) is 0 Å². The molecule has 0 unspecified atom stereocenters. The molecule has 4 nitrogen and oxygen atoms in total. The largest absolute Gasteiger partial charge is 0.497 e. The Balaban J connectivity index is 1.94. The van der Waals surface area contributed by atoms with Crippen LogP contribution in [-0.4, -0.2) is 30.9 Å². The van der Waals surface area contributed by atoms with Crippen molar-refractivity contribution in [1.29, 1.82) is 0 Å². The standard InChI is InChI=1S/C14H19NO3/c1-17-10-2-3-11-12(16)9-14(18-13(11)8-10)4-6-15-7-5-14/h2-3,8,12,15-16H,4-7,9H2,1H3/t12-/m0/s1. The van der Waals surface area contributed by atoms with Crippen LogP contribution in [0.1, 0.15) is 30.9 Å². The predicted molar refractivity (Wildman–Crippen MR) is 68.0 cm³/mol. The van der Waals surface area contributed by atoms with Crippen molar-refractivity contribution in [2.75, 3.05) is 20.2 Å². The minimum Gasteiger partial charge on any atom is -0.497 e. The third-order valence-electron chi connectivity index (χ3n) is 3.99. The quantitative estimate of drug-likeness (QED) is 0.794. The van der Waals surface area contributed by atoms with Crippen molar-refractivity contribution in [2.45, 2.75) is 31.0 Å². The van der Waals surface area contributed by atoms with Crippen molar-refractivity contribution >= 4 is 0 Å². The van der Waals surface area contributed by atoms with Crippen LogP contribution in [0.25, 0.3) is 0 Å². The number of rotatable bonds is 1. The molecule has 4 heteroatoms. The molecule has 18 heavy (non-hydrogen) atoms. The summed E-state index contributed by atoms with van der Waals surface area (Å²) in [6.45, 7) is 1.90. The second-order valence-electron chi connectivity index (χ2n) is 5.16. The fourth-order valence-electron chi connectivity index (χ4n) is 2.93. The van der Waals surface area contributed by atoms with Crippen LogP contribution >= 0.6 is 0 Å². The molecule has 1 saturated heterocycles. The molecular weight excluding hydrogens is 230 g/mol. The Morgan fingerprint density at radius 3 is 2.89 bits per heavy atom. The van der Waals surface area contributed by atoms with Crippen LogP contribution in [-0.2, 0) is 0 Å². The first-order chi connectivity index (χ1) is 8.72. The summed E-state index contributed by atoms with van der Waals surface area (Å²) >= 11 is 0. The normalized spacial score (nSPS) is 25.3. The van der Waals surface area contributed by atoms with Gasteiger partial charge in [0.05, 0.1) is 13.2 Å². The Morgan fingerprint density at radius 2 is 2.17 bits per heavy atom. The summed E-state index contributed by atoms with van der Waals surface area (Å²) in [6.07, 6.45) is 2.15. The highest BCUT2D eigenvalue weighted by atomic mass is 16.5. The fourth-order valence-corrected chi connectivity index (χ4v) is 2.93. The number of hydrogen-bond acceptors (Lipinski definition) is 4. The lowest BCUT2D eigenvalue weighted by atomic mass is 9.82. The molecule has 2 aliphatic rings. The Labute approximate surface area is 107 Å². The van der Waals surface area contributed by atoms with E-state index in [0.717, 1.165) is 43.0 Å². The van der Waals surface area contributed by atoms with E-state index in [4.69, 9.17) is 9.47 Å². The number of methoxy groups -OCH3 is 1. The van der Waals surface area contributed by atoms with E-state index in [0.29, 0.717) is 6.42 Å². The Morgan fingerprint density at radius 1 is 1.39 bits per heavy atom. The lowest BCUT2D eigenvalue weighted by Gasteiger charge is -2.43. The summed E-state index contributed by atoms with van der Waals surface area (Å²) < 4.78 is 11.4. The highest BCUT2D eigenvalue weighted by Gasteiger charge is 2.41. The number of aliphatic hydroxyl groups is 1. The van der Waals surface area contributed by atoms with E-state index < -0.39 is 6.10 Å². The second-order valence-corrected chi connectivity index (χ2v) is 5.16. The second kappa shape index (κ2) is 4.44. The van der Waals surface area contributed by atoms with Gasteiger partial charge in [0, 0.05) is 18.1 Å². The van der Waals surface area contributed by atoms with Gasteiger partial charge in [0.15, 0.2) is 0 Å². The van der Waals surface area contributed by atoms with Gasteiger partial charge < -0.3 is 19.9 Å². The molecule has 2 N–H and O–H groups in total. The molecule has 0 radical (unpaired) electrons. The maximum Gasteiger partial charge on any atom is 0.129 e. The molecule has 2 aliphatic heterocycles. The SMILES string of the molecule is COc1ccc2c(c1)OC1(CCNCC1)C[C@@H]2O. The van der Waals surface area contributed by atoms with Gasteiger partial charge in [-0.05, 0) is 38.1 Å². The summed E-state index contributed by atoms with van der Waals surface area (Å²) in [5.74, 6) is 1.54. The van der Waals surface area contributed by atoms with Crippen LogP contribution in [0.15, 0.2) is 18.2 Å². The first-order valence-electron chi connectivity index (χ1n) is 6.48. The van der Waals surface area contributed by atoms with Gasteiger partial charge in [0.1, 0.15) is 17.1 Å². The average molecular weight is 249 g/mol. The van der Waals surface area contributed by atoms with E-state index >= 15 is 0 Å². The highest BCUT2D eigenvalue weighted by molar-refractivity contribution is 5.44. The molecule has 1 aromatic carbocycles. The Hall–Kier alpha value is -1.26. The van der Waals surface area contributed by atoms with Crippen molar-refractivity contribution in [3.63, 3.8) is 0 Å². The zero-order valence-electron chi connectivity index (χ0n) is 10.6. The van der Waals surface area contributed by atoms with Crippen molar-refractivity contribution in [2.24, 2.45) is 0 Å². The van der Waals surface area contributed by atoms with Crippen molar-refractivity contribution in [3.8, 4) is 11.5 Å². The minimum absolute atomic E-state index is 0.204. The Bertz CT molecular complexity index is 441. The maximum absolute atomic E-state index is 10.3. The van der Waals surface area contributed by atoms with Crippen LogP contribution in [0.2, 0.25) is 0 Å². The molecule has 0 aliphatic carbocycles. The monoisotopic (exact) mass is 249 g/mol. The van der Waals surface area contributed by atoms with Gasteiger partial charge in [0.25, 0.3) is 0 Å². The summed E-state index contributed by atoms with van der Waals surface area (Å²) in [6, 6.07) is 5.64. The molecule has 1 fully saturated rings. The number of aliphatic hydroxyl groups excluding tert-OH is 1. The molecule has 1 atom stereocenters. The molecule has 2 heterocycles. The van der Waals surface area contributed by atoms with E-state index in [-0.39, 0.29) is 5.60 Å². The molecular formula is C14H19NO3. The van der Waals surface area contributed by atoms with Crippen molar-refractivity contribution < 1.29 is 14.6 Å². The van der Waals surface area contributed by atoms with Crippen molar-refractivity contribution in [3.05, 3.63) is 23.8 Å². The number of hydrogen-bond donors (Lipinski definition) is 2. The van der Waals surface area contributed by atoms with E-state index in [1.807, 2.05) is 18.2 Å². The Kier molecular flexibility index (Phi) is 2.92. The molecule has 1 spiro atoms. The van der Waals surface area contributed by atoms with Crippen LogP contribution in [0.3, 0.4) is 0 Å². The maximum atomic E-state index is 10.3. The van der Waals surface area contributed by atoms with E-state index in [1.165, 1.54) is 0 Å². The van der Waals surface area contributed by atoms with Crippen LogP contribution in [0.5, 0.6) is 11.5 Å². The van der Waals surface area contributed by atoms with Gasteiger partial charge in [0.2, 0.25) is 0 Å². The lowest BCUT2D eigenvalue weighted by molar-refractivity contribution is -0.0338. The number of nitrogens with one attached hydrogen (secondary N) is 1. The summed E-state index contributed by atoms with van der Waals surface area (Å²) in [5, 5.41) is 13.6. The summed E-state index contributed by atoms with van der Waals surface area (Å²) in [7, 11) is 1.64. The van der Waals surface area contributed by atoms with Gasteiger partial charge in [-0.25, -0.2) is 0 Å². The zero-order valence-corrected chi connectivity index (χ0v) is 10.6. The summed E-state index contributed by atoms with van der Waals surface area (Å²) in [4.78, 5) is 0. The van der Waals surface area contributed by atoms with Crippen LogP contribution < -0.4 is 14.8 Å². The van der Waals surface area contributed by atoms with Gasteiger partial charge >= 0.3 is 0 Å². The third-order valence-corrected chi connectivity index (χ3v) is 3.99. The first kappa shape index (κ1) is 11.8. The predicted octanol–water partition coefficient (Wildman–Crippen LogP) is 1.63. The van der Waals surface area contributed by atoms with Crippen LogP contribution in [0, 0.1) is 0 Å². The van der Waals surface area contributed by atoms with Gasteiger partial charge in [-0.3, -0.25) is 0 Å². The molecule has 0 amide bonds. The minimum atomic E-state index is -0.433. The van der Waals surface area contributed by atoms with Crippen molar-refractivity contribution in [1.82, 2.24) is 5.32 Å². The topological polar surface area (TPSA) is 50.7 Å². The van der Waals surface area contributed by atoms with E-state index in [1.54, 1.807) is 7.11 Å². The lowest BCUT2D eigenvalue weighted by Crippen LogP contribution is -2.49. The molecule has 3 rings (SSSR count). The van der Waals surface area contributed by atoms with E-state index in [9.17, 15) is 5.11 Å². The third kappa shape index (κ3) is 1.95. The number of ether oxygens (including phenoxy) is 2. The average Bonchev–Trinajstić information content (AvgIpc) is 2.38. The van der Waals surface area contributed by atoms with Crippen LogP contribution in [0.4, 0.5) is 0 Å². The first-order valence-corrected chi connectivity index (χ1v) is 6.48. The van der Waals surface area contributed by atoms with Gasteiger partial charge in [-0.2, -0.15) is 0 Å². The molecule has 1 aromatic rings. The zero-order chi connectivity index (χ0) is 12.6. The smallest absolute Gasteiger partial charge is 0.129 e. The number of piperidine rings is 1. The number of fused-ring (bicyclic) bond motifs is 1. The molecule has 0 aromatic heterocycles.